The van der Waals surface area contributed by atoms with Crippen LogP contribution in [0.3, 0.4) is 0 Å². The van der Waals surface area contributed by atoms with Crippen LogP contribution in [0.4, 0.5) is 17.6 Å². The number of halogens is 4. The van der Waals surface area contributed by atoms with E-state index in [0.29, 0.717) is 0 Å². The number of rotatable bonds is 2. The fourth-order valence-electron chi connectivity index (χ4n) is 1.21. The minimum Gasteiger partial charge on any atom is -0.234 e. The molecule has 1 aliphatic rings. The van der Waals surface area contributed by atoms with Crippen LogP contribution in [0.1, 0.15) is 0 Å². The van der Waals surface area contributed by atoms with Gasteiger partial charge in [-0.25, -0.2) is 17.6 Å². The molecule has 2 atom stereocenters. The van der Waals surface area contributed by atoms with E-state index < -0.39 is 29.1 Å². The van der Waals surface area contributed by atoms with E-state index in [1.165, 1.54) is 0 Å². The molecule has 0 heterocycles. The molecule has 1 aliphatic carbocycles. The lowest BCUT2D eigenvalue weighted by molar-refractivity contribution is 0.141. The summed E-state index contributed by atoms with van der Waals surface area (Å²) in [4.78, 5) is 0. The Labute approximate surface area is 84.1 Å². The molecule has 79 valence electrons. The van der Waals surface area contributed by atoms with Crippen LogP contribution in [0.5, 0.6) is 0 Å². The standard InChI is InChI=1S/C9H9F4S/c1-5-8(12)6(10)3-7(11)9(5,13)4-14-2/h3,5H,1,4H2,2H3. The summed E-state index contributed by atoms with van der Waals surface area (Å²) in [6, 6.07) is 0. The van der Waals surface area contributed by atoms with Gasteiger partial charge in [-0.1, -0.05) is 0 Å². The second-order valence-corrected chi connectivity index (χ2v) is 3.90. The van der Waals surface area contributed by atoms with E-state index in [9.17, 15) is 17.6 Å². The zero-order chi connectivity index (χ0) is 10.9. The summed E-state index contributed by atoms with van der Waals surface area (Å²) in [5, 5.41) is 0. The summed E-state index contributed by atoms with van der Waals surface area (Å²) >= 11 is 1.01. The molecule has 0 aromatic heterocycles. The predicted molar refractivity (Wildman–Crippen MR) is 49.5 cm³/mol. The SMILES string of the molecule is [CH2]C1C(F)=C(F)C=C(F)C1(F)CSC. The Hall–Kier alpha value is -0.450. The van der Waals surface area contributed by atoms with Crippen molar-refractivity contribution in [1.82, 2.24) is 0 Å². The summed E-state index contributed by atoms with van der Waals surface area (Å²) in [5.74, 6) is -5.95. The molecule has 0 fully saturated rings. The third-order valence-electron chi connectivity index (χ3n) is 2.09. The van der Waals surface area contributed by atoms with Crippen LogP contribution < -0.4 is 0 Å². The highest BCUT2D eigenvalue weighted by molar-refractivity contribution is 7.98. The first-order valence-electron chi connectivity index (χ1n) is 3.87. The van der Waals surface area contributed by atoms with Crippen LogP contribution in [-0.2, 0) is 0 Å². The second kappa shape index (κ2) is 3.96. The van der Waals surface area contributed by atoms with Gasteiger partial charge in [-0.3, -0.25) is 0 Å². The second-order valence-electron chi connectivity index (χ2n) is 3.04. The molecule has 1 rings (SSSR count). The zero-order valence-corrected chi connectivity index (χ0v) is 8.31. The smallest absolute Gasteiger partial charge is 0.180 e. The van der Waals surface area contributed by atoms with Crippen LogP contribution in [0.15, 0.2) is 23.6 Å². The summed E-state index contributed by atoms with van der Waals surface area (Å²) in [6.45, 7) is 3.11. The molecule has 0 saturated carbocycles. The zero-order valence-electron chi connectivity index (χ0n) is 7.49. The minimum absolute atomic E-state index is 0.243. The lowest BCUT2D eigenvalue weighted by Gasteiger charge is -2.31. The van der Waals surface area contributed by atoms with Crippen molar-refractivity contribution in [3.8, 4) is 0 Å². The Bertz CT molecular complexity index is 297. The van der Waals surface area contributed by atoms with E-state index in [-0.39, 0.29) is 11.8 Å². The van der Waals surface area contributed by atoms with Crippen molar-refractivity contribution in [3.63, 3.8) is 0 Å². The quantitative estimate of drug-likeness (QED) is 0.648. The molecular formula is C9H9F4S. The van der Waals surface area contributed by atoms with Crippen LogP contribution in [-0.4, -0.2) is 17.7 Å². The highest BCUT2D eigenvalue weighted by Gasteiger charge is 2.46. The topological polar surface area (TPSA) is 0 Å². The first-order valence-corrected chi connectivity index (χ1v) is 5.26. The van der Waals surface area contributed by atoms with Gasteiger partial charge in [0, 0.05) is 11.8 Å². The van der Waals surface area contributed by atoms with Crippen LogP contribution in [0.2, 0.25) is 0 Å². The third kappa shape index (κ3) is 1.69. The number of allylic oxidation sites excluding steroid dienone is 4. The summed E-state index contributed by atoms with van der Waals surface area (Å²) in [6.07, 6.45) is 1.79. The van der Waals surface area contributed by atoms with E-state index in [0.717, 1.165) is 11.8 Å². The van der Waals surface area contributed by atoms with Crippen molar-refractivity contribution >= 4 is 11.8 Å². The maximum absolute atomic E-state index is 13.8. The molecule has 0 nitrogen and oxygen atoms in total. The van der Waals surface area contributed by atoms with Gasteiger partial charge >= 0.3 is 0 Å². The van der Waals surface area contributed by atoms with Gasteiger partial charge in [-0.2, -0.15) is 11.8 Å². The minimum atomic E-state index is -2.53. The fraction of sp³-hybridized carbons (Fsp3) is 0.444. The van der Waals surface area contributed by atoms with Gasteiger partial charge in [0.25, 0.3) is 0 Å². The van der Waals surface area contributed by atoms with Crippen molar-refractivity contribution < 1.29 is 17.6 Å². The Kier molecular flexibility index (Phi) is 3.29. The van der Waals surface area contributed by atoms with E-state index in [1.807, 2.05) is 0 Å². The van der Waals surface area contributed by atoms with Gasteiger partial charge in [0.05, 0.1) is 5.92 Å². The van der Waals surface area contributed by atoms with Crippen LogP contribution >= 0.6 is 11.8 Å². The van der Waals surface area contributed by atoms with Crippen LogP contribution in [0.25, 0.3) is 0 Å². The number of hydrogen-bond donors (Lipinski definition) is 0. The normalized spacial score (nSPS) is 33.3. The van der Waals surface area contributed by atoms with E-state index in [2.05, 4.69) is 6.92 Å². The molecule has 2 unspecified atom stereocenters. The largest absolute Gasteiger partial charge is 0.234 e. The highest BCUT2D eigenvalue weighted by atomic mass is 32.2. The Morgan fingerprint density at radius 1 is 1.50 bits per heavy atom. The number of thioether (sulfide) groups is 1. The summed E-state index contributed by atoms with van der Waals surface area (Å²) < 4.78 is 52.5. The number of alkyl halides is 1. The fourth-order valence-corrected chi connectivity index (χ4v) is 1.97. The van der Waals surface area contributed by atoms with Gasteiger partial charge in [0.1, 0.15) is 11.7 Å². The molecular weight excluding hydrogens is 216 g/mol. The molecule has 0 amide bonds. The summed E-state index contributed by atoms with van der Waals surface area (Å²) in [7, 11) is 0. The monoisotopic (exact) mass is 225 g/mol. The molecule has 5 heteroatoms. The van der Waals surface area contributed by atoms with Gasteiger partial charge in [-0.05, 0) is 13.2 Å². The first-order chi connectivity index (χ1) is 6.43. The molecule has 0 aromatic carbocycles. The lowest BCUT2D eigenvalue weighted by Crippen LogP contribution is -2.38. The molecule has 14 heavy (non-hydrogen) atoms. The molecule has 0 spiro atoms. The van der Waals surface area contributed by atoms with Gasteiger partial charge in [-0.15, -0.1) is 0 Å². The lowest BCUT2D eigenvalue weighted by atomic mass is 9.86. The average molecular weight is 225 g/mol. The molecule has 0 saturated heterocycles. The van der Waals surface area contributed by atoms with Crippen molar-refractivity contribution in [3.05, 3.63) is 30.5 Å². The molecule has 0 aromatic rings. The Morgan fingerprint density at radius 2 is 2.07 bits per heavy atom. The predicted octanol–water partition coefficient (Wildman–Crippen LogP) is 3.53. The molecule has 0 bridgehead atoms. The van der Waals surface area contributed by atoms with E-state index >= 15 is 0 Å². The highest BCUT2D eigenvalue weighted by Crippen LogP contribution is 2.43. The van der Waals surface area contributed by atoms with E-state index in [1.54, 1.807) is 6.26 Å². The van der Waals surface area contributed by atoms with Gasteiger partial charge < -0.3 is 0 Å². The van der Waals surface area contributed by atoms with Crippen LogP contribution in [0, 0.1) is 12.8 Å². The van der Waals surface area contributed by atoms with Gasteiger partial charge in [0.2, 0.25) is 0 Å². The third-order valence-corrected chi connectivity index (χ3v) is 2.80. The molecule has 0 N–H and O–H groups in total. The van der Waals surface area contributed by atoms with Crippen molar-refractivity contribution in [1.29, 1.82) is 0 Å². The molecule has 0 aliphatic heterocycles. The Balaban J connectivity index is 3.09. The summed E-state index contributed by atoms with van der Waals surface area (Å²) in [5.41, 5.74) is -2.53. The number of hydrogen-bond acceptors (Lipinski definition) is 1. The Morgan fingerprint density at radius 3 is 2.57 bits per heavy atom. The van der Waals surface area contributed by atoms with Crippen molar-refractivity contribution in [2.45, 2.75) is 5.67 Å². The molecule has 1 radical (unpaired) electrons. The van der Waals surface area contributed by atoms with Crippen molar-refractivity contribution in [2.75, 3.05) is 12.0 Å². The maximum atomic E-state index is 13.8. The maximum Gasteiger partial charge on any atom is 0.180 e. The van der Waals surface area contributed by atoms with Gasteiger partial charge in [0.15, 0.2) is 11.5 Å². The average Bonchev–Trinajstić information content (AvgIpc) is 2.13. The van der Waals surface area contributed by atoms with E-state index in [4.69, 9.17) is 0 Å². The first kappa shape index (κ1) is 11.6. The van der Waals surface area contributed by atoms with Crippen molar-refractivity contribution in [2.24, 2.45) is 5.92 Å².